The molecule has 10 aromatic carbocycles. The van der Waals surface area contributed by atoms with Crippen molar-refractivity contribution in [2.45, 2.75) is 0 Å². The molecule has 0 saturated heterocycles. The molecule has 0 atom stereocenters. The fourth-order valence-corrected chi connectivity index (χ4v) is 9.93. The third-order valence-electron chi connectivity index (χ3n) is 13.2. The van der Waals surface area contributed by atoms with Gasteiger partial charge in [-0.25, -0.2) is 15.0 Å². The van der Waals surface area contributed by atoms with Crippen LogP contribution in [0.1, 0.15) is 0 Å². The second-order valence-corrected chi connectivity index (χ2v) is 17.2. The topological polar surface area (TPSA) is 48.5 Å². The largest absolute Gasteiger partial charge is 0.307 e. The van der Waals surface area contributed by atoms with E-state index < -0.39 is 0 Å². The Morgan fingerprint density at radius 1 is 0.221 bits per heavy atom. The van der Waals surface area contributed by atoms with Crippen molar-refractivity contribution in [1.82, 2.24) is 24.1 Å². The van der Waals surface area contributed by atoms with Gasteiger partial charge < -0.3 is 9.13 Å². The molecule has 0 saturated carbocycles. The first-order valence-electron chi connectivity index (χ1n) is 23.0. The summed E-state index contributed by atoms with van der Waals surface area (Å²) < 4.78 is 4.88. The van der Waals surface area contributed by atoms with Crippen molar-refractivity contribution >= 4 is 43.6 Å². The zero-order chi connectivity index (χ0) is 45.0. The molecule has 5 heteroatoms. The van der Waals surface area contributed by atoms with E-state index in [1.165, 1.54) is 49.4 Å². The number of hydrogen-bond donors (Lipinski definition) is 0. The molecule has 68 heavy (non-hydrogen) atoms. The molecular weight excluding hydrogens is 827 g/mol. The first-order chi connectivity index (χ1) is 33.7. The minimum atomic E-state index is 0.609. The molecule has 0 aliphatic heterocycles. The van der Waals surface area contributed by atoms with Crippen LogP contribution < -0.4 is 0 Å². The molecule has 3 heterocycles. The molecule has 13 rings (SSSR count). The summed E-state index contributed by atoms with van der Waals surface area (Å²) in [5.74, 6) is 1.86. The summed E-state index contributed by atoms with van der Waals surface area (Å²) in [6.07, 6.45) is 0. The Labute approximate surface area is 393 Å². The van der Waals surface area contributed by atoms with Gasteiger partial charge in [0.1, 0.15) is 0 Å². The van der Waals surface area contributed by atoms with Gasteiger partial charge in [-0.3, -0.25) is 0 Å². The van der Waals surface area contributed by atoms with Gasteiger partial charge in [-0.2, -0.15) is 0 Å². The fraction of sp³-hybridized carbons (Fsp3) is 0. The third-order valence-corrected chi connectivity index (χ3v) is 13.2. The summed E-state index contributed by atoms with van der Waals surface area (Å²) in [7, 11) is 0. The maximum atomic E-state index is 5.19. The average molecular weight is 868 g/mol. The number of aromatic nitrogens is 5. The number of benzene rings is 10. The molecule has 0 amide bonds. The molecule has 0 unspecified atom stereocenters. The summed E-state index contributed by atoms with van der Waals surface area (Å²) in [5.41, 5.74) is 16.5. The van der Waals surface area contributed by atoms with E-state index in [2.05, 4.69) is 234 Å². The number of nitrogens with zero attached hydrogens (tertiary/aromatic N) is 5. The lowest BCUT2D eigenvalue weighted by molar-refractivity contribution is 1.07. The standard InChI is InChI=1S/C63H41N5/c1-4-16-42(17-5-1)44-30-32-47(33-31-44)62-64-61(46-20-8-3-9-21-46)65-63(66-62)50-24-15-25-52(41-50)68-58-29-13-11-27-54(58)56-39-38-55-53-26-10-12-28-57(53)67(59(55)60(56)68)51-36-34-45(35-37-51)49-23-14-22-48(40-49)43-18-6-2-7-19-43/h1-41H. The molecule has 0 N–H and O–H groups in total. The van der Waals surface area contributed by atoms with Crippen LogP contribution in [0.4, 0.5) is 0 Å². The molecule has 3 aromatic heterocycles. The van der Waals surface area contributed by atoms with Gasteiger partial charge in [0.25, 0.3) is 0 Å². The molecule has 13 aromatic rings. The van der Waals surface area contributed by atoms with Crippen LogP contribution in [0.3, 0.4) is 0 Å². The Bertz CT molecular complexity index is 3980. The first-order valence-corrected chi connectivity index (χ1v) is 23.0. The van der Waals surface area contributed by atoms with Crippen molar-refractivity contribution in [2.24, 2.45) is 0 Å². The highest BCUT2D eigenvalue weighted by atomic mass is 15.1. The average Bonchev–Trinajstić information content (AvgIpc) is 3.95. The van der Waals surface area contributed by atoms with E-state index in [9.17, 15) is 0 Å². The van der Waals surface area contributed by atoms with Crippen molar-refractivity contribution in [3.8, 4) is 78.9 Å². The lowest BCUT2D eigenvalue weighted by Gasteiger charge is -2.14. The maximum absolute atomic E-state index is 5.19. The van der Waals surface area contributed by atoms with Crippen LogP contribution in [0.15, 0.2) is 249 Å². The Hall–Kier alpha value is -9.19. The van der Waals surface area contributed by atoms with Crippen LogP contribution in [0.25, 0.3) is 123 Å². The highest BCUT2D eigenvalue weighted by molar-refractivity contribution is 6.23. The van der Waals surface area contributed by atoms with E-state index in [1.807, 2.05) is 24.3 Å². The molecule has 0 bridgehead atoms. The van der Waals surface area contributed by atoms with Crippen LogP contribution in [0.5, 0.6) is 0 Å². The van der Waals surface area contributed by atoms with E-state index in [0.29, 0.717) is 17.5 Å². The van der Waals surface area contributed by atoms with Gasteiger partial charge in [0, 0.05) is 49.6 Å². The maximum Gasteiger partial charge on any atom is 0.164 e. The quantitative estimate of drug-likeness (QED) is 0.153. The normalized spacial score (nSPS) is 11.5. The van der Waals surface area contributed by atoms with E-state index in [4.69, 9.17) is 15.0 Å². The molecule has 0 aliphatic rings. The summed E-state index contributed by atoms with van der Waals surface area (Å²) in [6.45, 7) is 0. The van der Waals surface area contributed by atoms with E-state index in [1.54, 1.807) is 0 Å². The van der Waals surface area contributed by atoms with Crippen molar-refractivity contribution < 1.29 is 0 Å². The molecule has 318 valence electrons. The summed E-state index contributed by atoms with van der Waals surface area (Å²) in [4.78, 5) is 15.4. The van der Waals surface area contributed by atoms with Gasteiger partial charge in [0.05, 0.1) is 22.1 Å². The summed E-state index contributed by atoms with van der Waals surface area (Å²) >= 11 is 0. The van der Waals surface area contributed by atoms with Crippen LogP contribution in [0.2, 0.25) is 0 Å². The minimum Gasteiger partial charge on any atom is -0.307 e. The van der Waals surface area contributed by atoms with Gasteiger partial charge in [-0.1, -0.05) is 206 Å². The Balaban J connectivity index is 0.982. The third kappa shape index (κ3) is 6.76. The van der Waals surface area contributed by atoms with Gasteiger partial charge in [0.15, 0.2) is 17.5 Å². The number of para-hydroxylation sites is 2. The second kappa shape index (κ2) is 16.4. The zero-order valence-corrected chi connectivity index (χ0v) is 36.9. The smallest absolute Gasteiger partial charge is 0.164 e. The van der Waals surface area contributed by atoms with Crippen LogP contribution in [-0.2, 0) is 0 Å². The van der Waals surface area contributed by atoms with E-state index in [0.717, 1.165) is 55.7 Å². The van der Waals surface area contributed by atoms with Gasteiger partial charge in [-0.05, 0) is 75.8 Å². The van der Waals surface area contributed by atoms with Crippen LogP contribution in [0, 0.1) is 0 Å². The lowest BCUT2D eigenvalue weighted by Crippen LogP contribution is -2.01. The minimum absolute atomic E-state index is 0.609. The molecular formula is C63H41N5. The van der Waals surface area contributed by atoms with Gasteiger partial charge >= 0.3 is 0 Å². The predicted molar refractivity (Wildman–Crippen MR) is 281 cm³/mol. The van der Waals surface area contributed by atoms with Crippen molar-refractivity contribution in [3.05, 3.63) is 249 Å². The SMILES string of the molecule is c1ccc(-c2ccc(-c3nc(-c4ccccc4)nc(-c4cccc(-n5c6ccccc6c6ccc7c8ccccc8n(-c8ccc(-c9cccc(-c%10ccccc%10)c9)cc8)c7c65)c4)n3)cc2)cc1. The fourth-order valence-electron chi connectivity index (χ4n) is 9.93. The van der Waals surface area contributed by atoms with E-state index >= 15 is 0 Å². The molecule has 0 radical (unpaired) electrons. The number of hydrogen-bond acceptors (Lipinski definition) is 3. The number of fused-ring (bicyclic) bond motifs is 7. The molecule has 5 nitrogen and oxygen atoms in total. The van der Waals surface area contributed by atoms with E-state index in [-0.39, 0.29) is 0 Å². The van der Waals surface area contributed by atoms with Gasteiger partial charge in [-0.15, -0.1) is 0 Å². The summed E-state index contributed by atoms with van der Waals surface area (Å²) in [6, 6.07) is 88.2. The highest BCUT2D eigenvalue weighted by Gasteiger charge is 2.22. The first kappa shape index (κ1) is 39.2. The molecule has 0 fully saturated rings. The van der Waals surface area contributed by atoms with Crippen molar-refractivity contribution in [2.75, 3.05) is 0 Å². The summed E-state index contributed by atoms with van der Waals surface area (Å²) in [5, 5.41) is 4.77. The zero-order valence-electron chi connectivity index (χ0n) is 36.9. The van der Waals surface area contributed by atoms with Crippen molar-refractivity contribution in [3.63, 3.8) is 0 Å². The molecule has 0 spiro atoms. The Morgan fingerprint density at radius 2 is 0.588 bits per heavy atom. The monoisotopic (exact) mass is 867 g/mol. The Morgan fingerprint density at radius 3 is 1.16 bits per heavy atom. The molecule has 0 aliphatic carbocycles. The van der Waals surface area contributed by atoms with Crippen LogP contribution >= 0.6 is 0 Å². The van der Waals surface area contributed by atoms with Gasteiger partial charge in [0.2, 0.25) is 0 Å². The van der Waals surface area contributed by atoms with Crippen molar-refractivity contribution in [1.29, 1.82) is 0 Å². The Kier molecular flexibility index (Phi) is 9.43. The predicted octanol–water partition coefficient (Wildman–Crippen LogP) is 16.1. The van der Waals surface area contributed by atoms with Crippen LogP contribution in [-0.4, -0.2) is 24.1 Å². The highest BCUT2D eigenvalue weighted by Crippen LogP contribution is 2.42. The lowest BCUT2D eigenvalue weighted by atomic mass is 9.99. The second-order valence-electron chi connectivity index (χ2n) is 17.2. The number of rotatable bonds is 8.